The molecule has 0 aromatic heterocycles. The summed E-state index contributed by atoms with van der Waals surface area (Å²) in [6, 6.07) is 0. The van der Waals surface area contributed by atoms with E-state index in [1.807, 2.05) is 13.8 Å². The van der Waals surface area contributed by atoms with Gasteiger partial charge in [-0.05, 0) is 33.1 Å². The van der Waals surface area contributed by atoms with Gasteiger partial charge in [-0.15, -0.1) is 11.5 Å². The lowest BCUT2D eigenvalue weighted by Crippen LogP contribution is -2.17. The second-order valence-corrected chi connectivity index (χ2v) is 14.2. The SMILES string of the molecule is CC(C)OCCCC(F)(F)CCCCCCCCCCCCC#C[Si](C)(C)C. The Morgan fingerprint density at radius 2 is 1.21 bits per heavy atom. The third kappa shape index (κ3) is 21.9. The summed E-state index contributed by atoms with van der Waals surface area (Å²) < 4.78 is 32.9. The molecule has 0 unspecified atom stereocenters. The lowest BCUT2D eigenvalue weighted by Gasteiger charge is -2.16. The zero-order chi connectivity index (χ0) is 21.3. The van der Waals surface area contributed by atoms with Crippen molar-refractivity contribution < 1.29 is 13.5 Å². The maximum atomic E-state index is 13.8. The van der Waals surface area contributed by atoms with Gasteiger partial charge >= 0.3 is 0 Å². The van der Waals surface area contributed by atoms with Crippen LogP contribution in [-0.4, -0.2) is 26.7 Å². The summed E-state index contributed by atoms with van der Waals surface area (Å²) in [6.07, 6.45) is 13.2. The van der Waals surface area contributed by atoms with E-state index < -0.39 is 14.0 Å². The lowest BCUT2D eigenvalue weighted by molar-refractivity contribution is -0.0299. The predicted octanol–water partition coefficient (Wildman–Crippen LogP) is 8.39. The smallest absolute Gasteiger partial charge is 0.248 e. The number of hydrogen-bond acceptors (Lipinski definition) is 1. The van der Waals surface area contributed by atoms with Crippen molar-refractivity contribution in [1.29, 1.82) is 0 Å². The normalized spacial score (nSPS) is 12.3. The van der Waals surface area contributed by atoms with E-state index in [9.17, 15) is 8.78 Å². The molecule has 0 N–H and O–H groups in total. The van der Waals surface area contributed by atoms with Gasteiger partial charge in [-0.3, -0.25) is 0 Å². The van der Waals surface area contributed by atoms with Crippen LogP contribution in [0.5, 0.6) is 0 Å². The summed E-state index contributed by atoms with van der Waals surface area (Å²) in [4.78, 5) is 0. The molecule has 0 aromatic rings. The highest BCUT2D eigenvalue weighted by atomic mass is 28.3. The Kier molecular flexibility index (Phi) is 16.2. The second kappa shape index (κ2) is 16.4. The quantitative estimate of drug-likeness (QED) is 0.131. The molecule has 0 spiro atoms. The average Bonchev–Trinajstić information content (AvgIpc) is 2.58. The molecule has 0 saturated carbocycles. The standard InChI is InChI=1S/C24H46F2OSi/c1-23(2)27-21-18-20-24(25,26)19-16-14-12-10-8-6-7-9-11-13-15-17-22-28(3,4)5/h23H,6-16,18-21H2,1-5H3. The minimum absolute atomic E-state index is 0.0370. The fourth-order valence-corrected chi connectivity index (χ4v) is 3.77. The van der Waals surface area contributed by atoms with Crippen molar-refractivity contribution in [3.05, 3.63) is 0 Å². The van der Waals surface area contributed by atoms with Crippen LogP contribution in [0.15, 0.2) is 0 Å². The second-order valence-electron chi connectivity index (χ2n) is 9.47. The summed E-state index contributed by atoms with van der Waals surface area (Å²) >= 11 is 0. The number of alkyl halides is 2. The summed E-state index contributed by atoms with van der Waals surface area (Å²) in [5, 5.41) is 0. The molecule has 0 aliphatic carbocycles. The van der Waals surface area contributed by atoms with Crippen molar-refractivity contribution in [1.82, 2.24) is 0 Å². The van der Waals surface area contributed by atoms with Gasteiger partial charge in [0.25, 0.3) is 0 Å². The van der Waals surface area contributed by atoms with E-state index in [4.69, 9.17) is 4.74 Å². The van der Waals surface area contributed by atoms with Crippen molar-refractivity contribution >= 4 is 8.07 Å². The molecule has 0 bridgehead atoms. The van der Waals surface area contributed by atoms with Crippen LogP contribution in [0.25, 0.3) is 0 Å². The largest absolute Gasteiger partial charge is 0.379 e. The molecule has 28 heavy (non-hydrogen) atoms. The van der Waals surface area contributed by atoms with Crippen LogP contribution in [0.4, 0.5) is 8.78 Å². The molecule has 0 aliphatic rings. The molecule has 0 saturated heterocycles. The minimum Gasteiger partial charge on any atom is -0.379 e. The van der Waals surface area contributed by atoms with Crippen LogP contribution in [0.3, 0.4) is 0 Å². The van der Waals surface area contributed by atoms with E-state index in [1.165, 1.54) is 44.9 Å². The third-order valence-electron chi connectivity index (χ3n) is 4.70. The molecular weight excluding hydrogens is 370 g/mol. The van der Waals surface area contributed by atoms with Crippen LogP contribution in [0.1, 0.15) is 104 Å². The molecule has 0 radical (unpaired) electrons. The highest BCUT2D eigenvalue weighted by molar-refractivity contribution is 6.83. The Labute approximate surface area is 175 Å². The van der Waals surface area contributed by atoms with Gasteiger partial charge in [0, 0.05) is 25.9 Å². The molecule has 0 rings (SSSR count). The summed E-state index contributed by atoms with van der Waals surface area (Å²) in [7, 11) is -1.19. The topological polar surface area (TPSA) is 9.23 Å². The Morgan fingerprint density at radius 3 is 1.71 bits per heavy atom. The summed E-state index contributed by atoms with van der Waals surface area (Å²) in [5.74, 6) is 0.823. The van der Waals surface area contributed by atoms with Crippen LogP contribution in [0.2, 0.25) is 19.6 Å². The van der Waals surface area contributed by atoms with Gasteiger partial charge in [0.05, 0.1) is 6.10 Å². The van der Waals surface area contributed by atoms with Gasteiger partial charge in [-0.2, -0.15) is 0 Å². The number of ether oxygens (including phenoxy) is 1. The van der Waals surface area contributed by atoms with E-state index >= 15 is 0 Å². The third-order valence-corrected chi connectivity index (χ3v) is 5.62. The molecule has 0 aliphatic heterocycles. The van der Waals surface area contributed by atoms with E-state index in [1.54, 1.807) is 0 Å². The Morgan fingerprint density at radius 1 is 0.750 bits per heavy atom. The van der Waals surface area contributed by atoms with Gasteiger partial charge in [0.2, 0.25) is 5.92 Å². The molecule has 0 amide bonds. The average molecular weight is 417 g/mol. The molecule has 0 aromatic carbocycles. The first-order chi connectivity index (χ1) is 13.1. The van der Waals surface area contributed by atoms with Crippen molar-refractivity contribution in [2.24, 2.45) is 0 Å². The first-order valence-electron chi connectivity index (χ1n) is 11.6. The van der Waals surface area contributed by atoms with E-state index in [2.05, 4.69) is 31.1 Å². The van der Waals surface area contributed by atoms with E-state index in [0.717, 1.165) is 19.3 Å². The van der Waals surface area contributed by atoms with Crippen LogP contribution >= 0.6 is 0 Å². The molecule has 0 heterocycles. The molecule has 1 nitrogen and oxygen atoms in total. The molecule has 0 atom stereocenters. The maximum Gasteiger partial charge on any atom is 0.248 e. The van der Waals surface area contributed by atoms with Gasteiger partial charge in [-0.25, -0.2) is 8.78 Å². The lowest BCUT2D eigenvalue weighted by atomic mass is 10.0. The van der Waals surface area contributed by atoms with Crippen molar-refractivity contribution in [3.8, 4) is 11.5 Å². The fraction of sp³-hybridized carbons (Fsp3) is 0.917. The highest BCUT2D eigenvalue weighted by Gasteiger charge is 2.27. The Balaban J connectivity index is 3.37. The molecule has 166 valence electrons. The fourth-order valence-electron chi connectivity index (χ4n) is 3.11. The molecule has 0 fully saturated rings. The molecule has 4 heteroatoms. The van der Waals surface area contributed by atoms with Crippen molar-refractivity contribution in [2.45, 2.75) is 135 Å². The summed E-state index contributed by atoms with van der Waals surface area (Å²) in [6.45, 7) is 11.2. The number of unbranched alkanes of at least 4 members (excludes halogenated alkanes) is 10. The first-order valence-corrected chi connectivity index (χ1v) is 15.1. The number of hydrogen-bond donors (Lipinski definition) is 0. The van der Waals surface area contributed by atoms with Crippen molar-refractivity contribution in [3.63, 3.8) is 0 Å². The Hall–Kier alpha value is -0.403. The zero-order valence-corrected chi connectivity index (χ0v) is 20.3. The van der Waals surface area contributed by atoms with Crippen LogP contribution in [-0.2, 0) is 4.74 Å². The molecular formula is C24H46F2OSi. The van der Waals surface area contributed by atoms with Gasteiger partial charge in [-0.1, -0.05) is 71.0 Å². The van der Waals surface area contributed by atoms with Crippen molar-refractivity contribution in [2.75, 3.05) is 6.61 Å². The van der Waals surface area contributed by atoms with Crippen LogP contribution in [0, 0.1) is 11.5 Å². The maximum absolute atomic E-state index is 13.8. The first kappa shape index (κ1) is 27.6. The minimum atomic E-state index is -2.51. The van der Waals surface area contributed by atoms with Crippen LogP contribution < -0.4 is 0 Å². The monoisotopic (exact) mass is 416 g/mol. The van der Waals surface area contributed by atoms with Gasteiger partial charge < -0.3 is 4.74 Å². The highest BCUT2D eigenvalue weighted by Crippen LogP contribution is 2.27. The van der Waals surface area contributed by atoms with E-state index in [0.29, 0.717) is 19.4 Å². The number of halogens is 2. The van der Waals surface area contributed by atoms with Gasteiger partial charge in [0.15, 0.2) is 0 Å². The zero-order valence-electron chi connectivity index (χ0n) is 19.3. The Bertz CT molecular complexity index is 419. The number of rotatable bonds is 17. The van der Waals surface area contributed by atoms with Gasteiger partial charge in [0.1, 0.15) is 8.07 Å². The predicted molar refractivity (Wildman–Crippen MR) is 122 cm³/mol. The summed E-state index contributed by atoms with van der Waals surface area (Å²) in [5.41, 5.74) is 3.42. The van der Waals surface area contributed by atoms with E-state index in [-0.39, 0.29) is 18.9 Å².